The van der Waals surface area contributed by atoms with Crippen molar-refractivity contribution in [3.05, 3.63) is 12.7 Å². The van der Waals surface area contributed by atoms with Crippen molar-refractivity contribution < 1.29 is 9.53 Å². The number of esters is 1. The molecule has 106 valence electrons. The van der Waals surface area contributed by atoms with Crippen molar-refractivity contribution in [3.63, 3.8) is 0 Å². The molecule has 0 rings (SSSR count). The van der Waals surface area contributed by atoms with Crippen LogP contribution in [0.25, 0.3) is 0 Å². The van der Waals surface area contributed by atoms with E-state index in [4.69, 9.17) is 15.8 Å². The Morgan fingerprint density at radius 1 is 1.11 bits per heavy atom. The van der Waals surface area contributed by atoms with Crippen molar-refractivity contribution in [1.29, 1.82) is 0 Å². The Balaban J connectivity index is 3.12. The van der Waals surface area contributed by atoms with Crippen LogP contribution < -0.4 is 0 Å². The van der Waals surface area contributed by atoms with Crippen molar-refractivity contribution in [1.82, 2.24) is 0 Å². The fourth-order valence-corrected chi connectivity index (χ4v) is 3.25. The van der Waals surface area contributed by atoms with Crippen LogP contribution in [-0.2, 0) is 9.53 Å². The molecule has 0 heterocycles. The van der Waals surface area contributed by atoms with Gasteiger partial charge < -0.3 is 4.74 Å². The minimum absolute atomic E-state index is 0.317. The fourth-order valence-electron chi connectivity index (χ4n) is 1.76. The minimum atomic E-state index is -1.34. The van der Waals surface area contributed by atoms with Gasteiger partial charge in [0.05, 0.1) is 6.61 Å². The predicted molar refractivity (Wildman–Crippen MR) is 81.6 cm³/mol. The van der Waals surface area contributed by atoms with Gasteiger partial charge in [-0.2, -0.15) is 11.1 Å². The molecule has 0 fully saturated rings. The fraction of sp³-hybridized carbons (Fsp3) is 0.786. The molecule has 0 spiro atoms. The van der Waals surface area contributed by atoms with Gasteiger partial charge in [-0.3, -0.25) is 0 Å². The number of carbonyl (C=O) groups excluding carboxylic acids is 1. The Hall–Kier alpha value is -0.283. The molecule has 0 aromatic heterocycles. The molecule has 0 aromatic rings. The van der Waals surface area contributed by atoms with Crippen LogP contribution in [0.15, 0.2) is 12.7 Å². The molecule has 0 radical (unpaired) electrons. The lowest BCUT2D eigenvalue weighted by Gasteiger charge is -2.11. The highest BCUT2D eigenvalue weighted by atomic mass is 35.6. The first kappa shape index (κ1) is 17.7. The molecule has 0 aromatic carbocycles. The van der Waals surface area contributed by atoms with Gasteiger partial charge in [0.25, 0.3) is 0 Å². The first-order chi connectivity index (χ1) is 8.45. The van der Waals surface area contributed by atoms with Gasteiger partial charge in [-0.25, -0.2) is 4.79 Å². The standard InChI is InChI=1S/C14H27ClO2Si/c1-4-14(16)17-12-10-8-6-5-7-9-11-13-18(2,3)15/h4H,1,5-13H2,2-3H3. The molecule has 0 atom stereocenters. The van der Waals surface area contributed by atoms with E-state index in [2.05, 4.69) is 19.7 Å². The highest BCUT2D eigenvalue weighted by molar-refractivity contribution is 7.19. The summed E-state index contributed by atoms with van der Waals surface area (Å²) in [4.78, 5) is 10.8. The second kappa shape index (κ2) is 10.6. The summed E-state index contributed by atoms with van der Waals surface area (Å²) in [7, 11) is -1.34. The van der Waals surface area contributed by atoms with Crippen LogP contribution in [0.2, 0.25) is 19.1 Å². The number of ether oxygens (including phenoxy) is 1. The third kappa shape index (κ3) is 13.8. The Morgan fingerprint density at radius 3 is 2.11 bits per heavy atom. The van der Waals surface area contributed by atoms with Crippen LogP contribution in [0.5, 0.6) is 0 Å². The zero-order valence-corrected chi connectivity index (χ0v) is 13.6. The summed E-state index contributed by atoms with van der Waals surface area (Å²) in [6, 6.07) is 1.23. The summed E-state index contributed by atoms with van der Waals surface area (Å²) in [6.07, 6.45) is 9.69. The highest BCUT2D eigenvalue weighted by Gasteiger charge is 2.15. The maximum Gasteiger partial charge on any atom is 0.330 e. The molecule has 0 amide bonds. The molecule has 0 aliphatic rings. The number of hydrogen-bond donors (Lipinski definition) is 0. The quantitative estimate of drug-likeness (QED) is 0.178. The zero-order valence-electron chi connectivity index (χ0n) is 11.8. The van der Waals surface area contributed by atoms with Gasteiger partial charge in [0.1, 0.15) is 7.38 Å². The Labute approximate surface area is 117 Å². The lowest BCUT2D eigenvalue weighted by atomic mass is 10.1. The maximum absolute atomic E-state index is 10.8. The van der Waals surface area contributed by atoms with Gasteiger partial charge in [-0.05, 0) is 12.5 Å². The van der Waals surface area contributed by atoms with E-state index in [1.165, 1.54) is 44.2 Å². The molecule has 2 nitrogen and oxygen atoms in total. The third-order valence-electron chi connectivity index (χ3n) is 2.83. The normalized spacial score (nSPS) is 11.3. The monoisotopic (exact) mass is 290 g/mol. The second-order valence-electron chi connectivity index (χ2n) is 5.32. The van der Waals surface area contributed by atoms with Crippen LogP contribution in [0.3, 0.4) is 0 Å². The summed E-state index contributed by atoms with van der Waals surface area (Å²) in [6.45, 7) is 8.29. The smallest absolute Gasteiger partial charge is 0.330 e. The molecule has 0 aliphatic carbocycles. The van der Waals surface area contributed by atoms with Crippen LogP contribution in [0.1, 0.15) is 44.9 Å². The van der Waals surface area contributed by atoms with E-state index in [1.807, 2.05) is 0 Å². The van der Waals surface area contributed by atoms with Crippen molar-refractivity contribution >= 4 is 24.4 Å². The molecule has 0 aliphatic heterocycles. The van der Waals surface area contributed by atoms with Gasteiger partial charge in [0.15, 0.2) is 0 Å². The molecule has 0 N–H and O–H groups in total. The van der Waals surface area contributed by atoms with Gasteiger partial charge in [0, 0.05) is 6.08 Å². The second-order valence-corrected chi connectivity index (χ2v) is 12.3. The summed E-state index contributed by atoms with van der Waals surface area (Å²) in [5, 5.41) is 0. The molecule has 0 saturated carbocycles. The minimum Gasteiger partial charge on any atom is -0.463 e. The van der Waals surface area contributed by atoms with E-state index >= 15 is 0 Å². The van der Waals surface area contributed by atoms with Crippen molar-refractivity contribution in [2.75, 3.05) is 6.61 Å². The van der Waals surface area contributed by atoms with Crippen LogP contribution in [0.4, 0.5) is 0 Å². The molecular weight excluding hydrogens is 264 g/mol. The largest absolute Gasteiger partial charge is 0.463 e. The van der Waals surface area contributed by atoms with E-state index in [0.717, 1.165) is 12.8 Å². The number of rotatable bonds is 11. The van der Waals surface area contributed by atoms with Gasteiger partial charge in [-0.1, -0.05) is 58.2 Å². The van der Waals surface area contributed by atoms with Crippen molar-refractivity contribution in [3.8, 4) is 0 Å². The SMILES string of the molecule is C=CC(=O)OCCCCCCCCC[Si](C)(C)Cl. The number of unbranched alkanes of at least 4 members (excludes halogenated alkanes) is 6. The lowest BCUT2D eigenvalue weighted by Crippen LogP contribution is -2.14. The van der Waals surface area contributed by atoms with E-state index in [1.54, 1.807) is 0 Å². The van der Waals surface area contributed by atoms with Gasteiger partial charge >= 0.3 is 5.97 Å². The first-order valence-electron chi connectivity index (χ1n) is 6.94. The Kier molecular flexibility index (Phi) is 10.5. The summed E-state index contributed by atoms with van der Waals surface area (Å²) in [5.41, 5.74) is 0. The van der Waals surface area contributed by atoms with Gasteiger partial charge in [0.2, 0.25) is 0 Å². The average Bonchev–Trinajstić information content (AvgIpc) is 2.29. The Bertz CT molecular complexity index is 236. The molecule has 0 unspecified atom stereocenters. The summed E-state index contributed by atoms with van der Waals surface area (Å²) >= 11 is 6.26. The highest BCUT2D eigenvalue weighted by Crippen LogP contribution is 2.19. The molecule has 4 heteroatoms. The Morgan fingerprint density at radius 2 is 1.61 bits per heavy atom. The summed E-state index contributed by atoms with van der Waals surface area (Å²) < 4.78 is 4.91. The maximum atomic E-state index is 10.8. The van der Waals surface area contributed by atoms with Crippen LogP contribution in [-0.4, -0.2) is 20.0 Å². The first-order valence-corrected chi connectivity index (χ1v) is 11.2. The molecule has 18 heavy (non-hydrogen) atoms. The van der Waals surface area contributed by atoms with Crippen molar-refractivity contribution in [2.24, 2.45) is 0 Å². The molecular formula is C14H27ClO2Si. The van der Waals surface area contributed by atoms with E-state index < -0.39 is 7.38 Å². The number of hydrogen-bond acceptors (Lipinski definition) is 2. The van der Waals surface area contributed by atoms with Crippen molar-refractivity contribution in [2.45, 2.75) is 64.1 Å². The van der Waals surface area contributed by atoms with E-state index in [0.29, 0.717) is 6.61 Å². The average molecular weight is 291 g/mol. The number of halogens is 1. The number of carbonyl (C=O) groups is 1. The third-order valence-corrected chi connectivity index (χ3v) is 4.94. The predicted octanol–water partition coefficient (Wildman–Crippen LogP) is 4.89. The van der Waals surface area contributed by atoms with Gasteiger partial charge in [-0.15, -0.1) is 0 Å². The van der Waals surface area contributed by atoms with E-state index in [9.17, 15) is 4.79 Å². The molecule has 0 bridgehead atoms. The zero-order chi connectivity index (χ0) is 13.9. The van der Waals surface area contributed by atoms with Crippen LogP contribution in [0, 0.1) is 0 Å². The lowest BCUT2D eigenvalue weighted by molar-refractivity contribution is -0.137. The summed E-state index contributed by atoms with van der Waals surface area (Å²) in [5.74, 6) is -0.317. The van der Waals surface area contributed by atoms with E-state index in [-0.39, 0.29) is 5.97 Å². The topological polar surface area (TPSA) is 26.3 Å². The van der Waals surface area contributed by atoms with Crippen LogP contribution >= 0.6 is 11.1 Å². The molecule has 0 saturated heterocycles.